The van der Waals surface area contributed by atoms with Gasteiger partial charge in [0.25, 0.3) is 5.56 Å². The molecule has 164 valence electrons. The Balaban J connectivity index is 1.40. The fourth-order valence-corrected chi connectivity index (χ4v) is 4.65. The molecule has 0 saturated heterocycles. The fourth-order valence-electron chi connectivity index (χ4n) is 3.74. The highest BCUT2D eigenvalue weighted by Gasteiger charge is 2.14. The molecule has 4 rings (SSSR count). The maximum atomic E-state index is 13.1. The summed E-state index contributed by atoms with van der Waals surface area (Å²) < 4.78 is 1.54. The van der Waals surface area contributed by atoms with E-state index < -0.39 is 0 Å². The Morgan fingerprint density at radius 1 is 1.12 bits per heavy atom. The number of carbonyl (C=O) groups excluding carboxylic acids is 1. The standard InChI is InChI=1S/C26H27N3O2S/c1-18-8-12-21(13-9-18)22-16-32-25-24(22)26(31)29(17-27-25)15-14-23(30)28-19(2)10-11-20-6-4-3-5-7-20/h3-9,12-13,16-17,19H,10-11,14-15H2,1-2H3,(H,28,30). The largest absolute Gasteiger partial charge is 0.354 e. The second-order valence-corrected chi connectivity index (χ2v) is 9.04. The van der Waals surface area contributed by atoms with E-state index in [1.165, 1.54) is 22.5 Å². The third-order valence-electron chi connectivity index (χ3n) is 5.62. The quantitative estimate of drug-likeness (QED) is 0.417. The molecule has 0 fully saturated rings. The van der Waals surface area contributed by atoms with E-state index in [1.807, 2.05) is 61.7 Å². The second-order valence-electron chi connectivity index (χ2n) is 8.18. The van der Waals surface area contributed by atoms with E-state index in [9.17, 15) is 9.59 Å². The molecule has 1 amide bonds. The first-order valence-electron chi connectivity index (χ1n) is 10.9. The number of aryl methyl sites for hydroxylation is 3. The van der Waals surface area contributed by atoms with E-state index in [4.69, 9.17) is 0 Å². The number of aromatic nitrogens is 2. The minimum atomic E-state index is -0.100. The van der Waals surface area contributed by atoms with Crippen molar-refractivity contribution >= 4 is 27.5 Å². The first kappa shape index (κ1) is 22.0. The van der Waals surface area contributed by atoms with Crippen LogP contribution >= 0.6 is 11.3 Å². The average Bonchev–Trinajstić information content (AvgIpc) is 3.23. The molecule has 1 unspecified atom stereocenters. The van der Waals surface area contributed by atoms with Crippen molar-refractivity contribution in [2.75, 3.05) is 0 Å². The van der Waals surface area contributed by atoms with E-state index >= 15 is 0 Å². The molecule has 4 aromatic rings. The maximum absolute atomic E-state index is 13.1. The number of fused-ring (bicyclic) bond motifs is 1. The molecule has 0 bridgehead atoms. The van der Waals surface area contributed by atoms with Crippen LogP contribution in [0.3, 0.4) is 0 Å². The molecule has 2 aromatic heterocycles. The number of benzene rings is 2. The van der Waals surface area contributed by atoms with Gasteiger partial charge in [-0.2, -0.15) is 0 Å². The molecule has 0 spiro atoms. The normalized spacial score (nSPS) is 12.1. The van der Waals surface area contributed by atoms with Crippen molar-refractivity contribution in [1.82, 2.24) is 14.9 Å². The summed E-state index contributed by atoms with van der Waals surface area (Å²) in [6.45, 7) is 4.36. The minimum Gasteiger partial charge on any atom is -0.354 e. The molecule has 2 heterocycles. The van der Waals surface area contributed by atoms with Gasteiger partial charge in [-0.1, -0.05) is 60.2 Å². The zero-order valence-corrected chi connectivity index (χ0v) is 19.2. The van der Waals surface area contributed by atoms with Crippen molar-refractivity contribution in [1.29, 1.82) is 0 Å². The van der Waals surface area contributed by atoms with Crippen LogP contribution in [0.4, 0.5) is 0 Å². The van der Waals surface area contributed by atoms with Crippen LogP contribution in [-0.2, 0) is 17.8 Å². The molecule has 1 atom stereocenters. The van der Waals surface area contributed by atoms with Crippen LogP contribution in [0.25, 0.3) is 21.3 Å². The maximum Gasteiger partial charge on any atom is 0.262 e. The SMILES string of the molecule is Cc1ccc(-c2csc3ncn(CCC(=O)NC(C)CCc4ccccc4)c(=O)c23)cc1. The van der Waals surface area contributed by atoms with E-state index in [0.717, 1.165) is 28.8 Å². The van der Waals surface area contributed by atoms with Crippen LogP contribution in [-0.4, -0.2) is 21.5 Å². The van der Waals surface area contributed by atoms with Gasteiger partial charge in [-0.15, -0.1) is 11.3 Å². The van der Waals surface area contributed by atoms with Crippen molar-refractivity contribution in [3.05, 3.63) is 87.8 Å². The summed E-state index contributed by atoms with van der Waals surface area (Å²) in [5.41, 5.74) is 4.24. The second kappa shape index (κ2) is 9.92. The van der Waals surface area contributed by atoms with Crippen molar-refractivity contribution in [2.45, 2.75) is 45.7 Å². The van der Waals surface area contributed by atoms with Gasteiger partial charge in [0.05, 0.1) is 11.7 Å². The van der Waals surface area contributed by atoms with Crippen LogP contribution in [0, 0.1) is 6.92 Å². The van der Waals surface area contributed by atoms with Crippen LogP contribution < -0.4 is 10.9 Å². The van der Waals surface area contributed by atoms with E-state index in [2.05, 4.69) is 22.4 Å². The number of rotatable bonds is 8. The number of carbonyl (C=O) groups is 1. The first-order valence-corrected chi connectivity index (χ1v) is 11.8. The van der Waals surface area contributed by atoms with Gasteiger partial charge >= 0.3 is 0 Å². The molecule has 0 aliphatic heterocycles. The number of thiophene rings is 1. The Bertz CT molecular complexity index is 1260. The lowest BCUT2D eigenvalue weighted by Crippen LogP contribution is -2.34. The van der Waals surface area contributed by atoms with E-state index in [-0.39, 0.29) is 23.9 Å². The van der Waals surface area contributed by atoms with Gasteiger partial charge in [-0.25, -0.2) is 4.98 Å². The lowest BCUT2D eigenvalue weighted by molar-refractivity contribution is -0.121. The molecule has 0 aliphatic carbocycles. The van der Waals surface area contributed by atoms with Crippen LogP contribution in [0.1, 0.15) is 30.9 Å². The average molecular weight is 446 g/mol. The third kappa shape index (κ3) is 5.14. The highest BCUT2D eigenvalue weighted by Crippen LogP contribution is 2.30. The van der Waals surface area contributed by atoms with E-state index in [0.29, 0.717) is 11.9 Å². The molecule has 6 heteroatoms. The first-order chi connectivity index (χ1) is 15.5. The molecule has 0 aliphatic rings. The van der Waals surface area contributed by atoms with Gasteiger partial charge in [0.1, 0.15) is 4.83 Å². The van der Waals surface area contributed by atoms with Crippen molar-refractivity contribution in [3.63, 3.8) is 0 Å². The molecule has 1 N–H and O–H groups in total. The van der Waals surface area contributed by atoms with Crippen LogP contribution in [0.2, 0.25) is 0 Å². The van der Waals surface area contributed by atoms with Gasteiger partial charge in [-0.3, -0.25) is 14.2 Å². The predicted molar refractivity (Wildman–Crippen MR) is 131 cm³/mol. The molecule has 2 aromatic carbocycles. The summed E-state index contributed by atoms with van der Waals surface area (Å²) >= 11 is 1.47. The number of hydrogen-bond donors (Lipinski definition) is 1. The molecule has 0 radical (unpaired) electrons. The van der Waals surface area contributed by atoms with Gasteiger partial charge in [-0.05, 0) is 37.8 Å². The van der Waals surface area contributed by atoms with Gasteiger partial charge in [0.15, 0.2) is 0 Å². The zero-order valence-electron chi connectivity index (χ0n) is 18.4. The molecular weight excluding hydrogens is 418 g/mol. The Hall–Kier alpha value is -3.25. The number of amides is 1. The van der Waals surface area contributed by atoms with Crippen LogP contribution in [0.5, 0.6) is 0 Å². The molecule has 5 nitrogen and oxygen atoms in total. The van der Waals surface area contributed by atoms with Crippen molar-refractivity contribution in [3.8, 4) is 11.1 Å². The lowest BCUT2D eigenvalue weighted by Gasteiger charge is -2.14. The predicted octanol–water partition coefficient (Wildman–Crippen LogP) is 4.96. The van der Waals surface area contributed by atoms with Gasteiger partial charge < -0.3 is 5.32 Å². The van der Waals surface area contributed by atoms with Gasteiger partial charge in [0.2, 0.25) is 5.91 Å². The Kier molecular flexibility index (Phi) is 6.81. The highest BCUT2D eigenvalue weighted by molar-refractivity contribution is 7.17. The van der Waals surface area contributed by atoms with Crippen molar-refractivity contribution in [2.24, 2.45) is 0 Å². The summed E-state index contributed by atoms with van der Waals surface area (Å²) in [6, 6.07) is 18.5. The zero-order chi connectivity index (χ0) is 22.5. The summed E-state index contributed by atoms with van der Waals surface area (Å²) in [4.78, 5) is 30.8. The van der Waals surface area contributed by atoms with Crippen molar-refractivity contribution < 1.29 is 4.79 Å². The lowest BCUT2D eigenvalue weighted by atomic mass is 10.1. The van der Waals surface area contributed by atoms with Gasteiger partial charge in [0, 0.05) is 30.0 Å². The molecule has 32 heavy (non-hydrogen) atoms. The summed E-state index contributed by atoms with van der Waals surface area (Å²) in [6.07, 6.45) is 3.58. The molecule has 0 saturated carbocycles. The summed E-state index contributed by atoms with van der Waals surface area (Å²) in [7, 11) is 0. The number of nitrogens with one attached hydrogen (secondary N) is 1. The highest BCUT2D eigenvalue weighted by atomic mass is 32.1. The Labute approximate surface area is 191 Å². The van der Waals surface area contributed by atoms with Crippen LogP contribution in [0.15, 0.2) is 71.1 Å². The Morgan fingerprint density at radius 2 is 1.88 bits per heavy atom. The summed E-state index contributed by atoms with van der Waals surface area (Å²) in [5, 5.41) is 5.65. The number of nitrogens with zero attached hydrogens (tertiary/aromatic N) is 2. The summed E-state index contributed by atoms with van der Waals surface area (Å²) in [5.74, 6) is -0.0540. The Morgan fingerprint density at radius 3 is 2.62 bits per heavy atom. The smallest absolute Gasteiger partial charge is 0.262 e. The monoisotopic (exact) mass is 445 g/mol. The molecular formula is C26H27N3O2S. The third-order valence-corrected chi connectivity index (χ3v) is 6.51. The minimum absolute atomic E-state index is 0.0540. The topological polar surface area (TPSA) is 64.0 Å². The van der Waals surface area contributed by atoms with E-state index in [1.54, 1.807) is 10.9 Å². The fraction of sp³-hybridized carbons (Fsp3) is 0.269. The number of hydrogen-bond acceptors (Lipinski definition) is 4.